The summed E-state index contributed by atoms with van der Waals surface area (Å²) in [5, 5.41) is 0. The molecule has 25 heavy (non-hydrogen) atoms. The number of benzene rings is 1. The zero-order chi connectivity index (χ0) is 17.1. The molecule has 0 aliphatic carbocycles. The van der Waals surface area contributed by atoms with Crippen molar-refractivity contribution < 1.29 is 0 Å². The van der Waals surface area contributed by atoms with Crippen LogP contribution in [0.4, 0.5) is 0 Å². The summed E-state index contributed by atoms with van der Waals surface area (Å²) in [6, 6.07) is 11.2. The molecule has 2 aliphatic heterocycles. The van der Waals surface area contributed by atoms with Gasteiger partial charge >= 0.3 is 0 Å². The molecule has 2 fully saturated rings. The molecular formula is C21H30N4. The number of imidazole rings is 1. The Kier molecular flexibility index (Phi) is 4.91. The molecule has 1 aromatic heterocycles. The first-order chi connectivity index (χ1) is 12.3. The largest absolute Gasteiger partial charge is 0.348 e. The van der Waals surface area contributed by atoms with E-state index in [9.17, 15) is 0 Å². The van der Waals surface area contributed by atoms with Gasteiger partial charge in [0.2, 0.25) is 0 Å². The van der Waals surface area contributed by atoms with Crippen molar-refractivity contribution in [2.45, 2.75) is 38.6 Å². The van der Waals surface area contributed by atoms with Crippen molar-refractivity contribution in [3.8, 4) is 0 Å². The number of aromatic amines is 1. The third kappa shape index (κ3) is 3.80. The number of H-pyrrole nitrogens is 1. The first-order valence-corrected chi connectivity index (χ1v) is 9.74. The van der Waals surface area contributed by atoms with Gasteiger partial charge in [0.15, 0.2) is 0 Å². The lowest BCUT2D eigenvalue weighted by Crippen LogP contribution is -2.51. The Balaban J connectivity index is 1.43. The van der Waals surface area contributed by atoms with Gasteiger partial charge in [-0.05, 0) is 55.8 Å². The fraction of sp³-hybridized carbons (Fsp3) is 0.571. The molecule has 1 N–H and O–H groups in total. The van der Waals surface area contributed by atoms with Gasteiger partial charge in [-0.3, -0.25) is 4.90 Å². The predicted molar refractivity (Wildman–Crippen MR) is 101 cm³/mol. The number of piperidine rings is 2. The lowest BCUT2D eigenvalue weighted by Gasteiger charge is -2.50. The molecule has 1 aromatic carbocycles. The molecule has 1 spiro atoms. The summed E-state index contributed by atoms with van der Waals surface area (Å²) >= 11 is 0. The maximum absolute atomic E-state index is 4.39. The molecule has 0 bridgehead atoms. The minimum absolute atomic E-state index is 0.494. The van der Waals surface area contributed by atoms with Crippen LogP contribution in [0.25, 0.3) is 0 Å². The molecule has 0 amide bonds. The smallest absolute Gasteiger partial charge is 0.120 e. The summed E-state index contributed by atoms with van der Waals surface area (Å²) in [5.74, 6) is 1.78. The van der Waals surface area contributed by atoms with Crippen LogP contribution >= 0.6 is 0 Å². The van der Waals surface area contributed by atoms with Gasteiger partial charge in [-0.25, -0.2) is 4.98 Å². The lowest BCUT2D eigenvalue weighted by molar-refractivity contribution is 0.0132. The highest BCUT2D eigenvalue weighted by Crippen LogP contribution is 2.45. The monoisotopic (exact) mass is 338 g/mol. The molecule has 2 saturated heterocycles. The van der Waals surface area contributed by atoms with Crippen molar-refractivity contribution in [2.24, 2.45) is 5.41 Å². The second kappa shape index (κ2) is 7.30. The predicted octanol–water partition coefficient (Wildman–Crippen LogP) is 3.50. The number of hydrogen-bond acceptors (Lipinski definition) is 3. The molecule has 134 valence electrons. The fourth-order valence-corrected chi connectivity index (χ4v) is 4.84. The lowest BCUT2D eigenvalue weighted by atomic mass is 9.68. The van der Waals surface area contributed by atoms with Crippen LogP contribution in [0.3, 0.4) is 0 Å². The van der Waals surface area contributed by atoms with E-state index in [-0.39, 0.29) is 0 Å². The van der Waals surface area contributed by atoms with E-state index in [0.717, 1.165) is 12.4 Å². The number of rotatable bonds is 4. The Morgan fingerprint density at radius 1 is 1.16 bits per heavy atom. The van der Waals surface area contributed by atoms with Crippen LogP contribution in [0.2, 0.25) is 0 Å². The van der Waals surface area contributed by atoms with E-state index >= 15 is 0 Å². The maximum Gasteiger partial charge on any atom is 0.120 e. The molecular weight excluding hydrogens is 308 g/mol. The second-order valence-corrected chi connectivity index (χ2v) is 7.95. The minimum Gasteiger partial charge on any atom is -0.348 e. The van der Waals surface area contributed by atoms with E-state index in [0.29, 0.717) is 11.3 Å². The first-order valence-electron chi connectivity index (χ1n) is 9.74. The van der Waals surface area contributed by atoms with E-state index in [2.05, 4.69) is 57.0 Å². The van der Waals surface area contributed by atoms with Crippen molar-refractivity contribution >= 4 is 0 Å². The van der Waals surface area contributed by atoms with E-state index in [4.69, 9.17) is 0 Å². The van der Waals surface area contributed by atoms with Crippen molar-refractivity contribution in [1.82, 2.24) is 19.8 Å². The normalized spacial score (nSPS) is 24.6. The van der Waals surface area contributed by atoms with Gasteiger partial charge < -0.3 is 9.88 Å². The molecule has 4 nitrogen and oxygen atoms in total. The molecule has 2 aliphatic rings. The van der Waals surface area contributed by atoms with Crippen molar-refractivity contribution in [2.75, 3.05) is 32.7 Å². The zero-order valence-corrected chi connectivity index (χ0v) is 15.3. The highest BCUT2D eigenvalue weighted by atomic mass is 15.2. The Hall–Kier alpha value is -1.65. The van der Waals surface area contributed by atoms with Crippen LogP contribution in [0.5, 0.6) is 0 Å². The topological polar surface area (TPSA) is 35.2 Å². The Morgan fingerprint density at radius 3 is 2.64 bits per heavy atom. The van der Waals surface area contributed by atoms with Crippen LogP contribution in [0.1, 0.15) is 43.5 Å². The number of aromatic nitrogens is 2. The highest BCUT2D eigenvalue weighted by Gasteiger charge is 2.41. The molecule has 0 radical (unpaired) electrons. The van der Waals surface area contributed by atoms with Crippen LogP contribution in [0.15, 0.2) is 42.7 Å². The van der Waals surface area contributed by atoms with Gasteiger partial charge in [0.05, 0.1) is 6.54 Å². The maximum atomic E-state index is 4.39. The van der Waals surface area contributed by atoms with Gasteiger partial charge in [-0.1, -0.05) is 37.3 Å². The molecule has 2 aromatic rings. The van der Waals surface area contributed by atoms with E-state index in [1.807, 2.05) is 12.4 Å². The minimum atomic E-state index is 0.494. The average molecular weight is 338 g/mol. The third-order valence-corrected chi connectivity index (χ3v) is 6.28. The number of likely N-dealkylation sites (N-methyl/N-ethyl adjacent to an activating group) is 1. The average Bonchev–Trinajstić information content (AvgIpc) is 3.17. The second-order valence-electron chi connectivity index (χ2n) is 7.95. The Morgan fingerprint density at radius 2 is 1.96 bits per heavy atom. The van der Waals surface area contributed by atoms with Crippen LogP contribution in [-0.4, -0.2) is 52.5 Å². The first kappa shape index (κ1) is 16.8. The molecule has 4 rings (SSSR count). The quantitative estimate of drug-likeness (QED) is 0.927. The SMILES string of the molecule is CCN1C[C@@H](c2ccccc2)CC2(CCN(Cc3ncc[nH]3)CC2)C1. The van der Waals surface area contributed by atoms with Crippen LogP contribution in [-0.2, 0) is 6.54 Å². The zero-order valence-electron chi connectivity index (χ0n) is 15.3. The molecule has 4 heteroatoms. The molecule has 0 unspecified atom stereocenters. The number of nitrogens with one attached hydrogen (secondary N) is 1. The van der Waals surface area contributed by atoms with E-state index in [1.54, 1.807) is 0 Å². The van der Waals surface area contributed by atoms with Gasteiger partial charge in [-0.15, -0.1) is 0 Å². The van der Waals surface area contributed by atoms with E-state index in [1.165, 1.54) is 57.5 Å². The fourth-order valence-electron chi connectivity index (χ4n) is 4.84. The standard InChI is InChI=1S/C21H30N4/c1-2-24-15-19(18-6-4-3-5-7-18)14-21(17-24)8-12-25(13-9-21)16-20-22-10-11-23-20/h3-7,10-11,19H,2,8-9,12-17H2,1H3,(H,22,23)/t19-/m0/s1. The third-order valence-electron chi connectivity index (χ3n) is 6.28. The summed E-state index contributed by atoms with van der Waals surface area (Å²) in [4.78, 5) is 12.9. The van der Waals surface area contributed by atoms with E-state index < -0.39 is 0 Å². The molecule has 3 heterocycles. The molecule has 0 saturated carbocycles. The number of nitrogens with zero attached hydrogens (tertiary/aromatic N) is 3. The Labute approximate surface area is 151 Å². The number of hydrogen-bond donors (Lipinski definition) is 1. The van der Waals surface area contributed by atoms with Crippen LogP contribution in [0, 0.1) is 5.41 Å². The summed E-state index contributed by atoms with van der Waals surface area (Å²) in [6.07, 6.45) is 7.75. The number of likely N-dealkylation sites (tertiary alicyclic amines) is 2. The van der Waals surface area contributed by atoms with Gasteiger partial charge in [0.25, 0.3) is 0 Å². The van der Waals surface area contributed by atoms with Crippen LogP contribution < -0.4 is 0 Å². The molecule has 1 atom stereocenters. The van der Waals surface area contributed by atoms with Crippen molar-refractivity contribution in [3.05, 3.63) is 54.1 Å². The summed E-state index contributed by atoms with van der Waals surface area (Å²) in [5.41, 5.74) is 2.02. The van der Waals surface area contributed by atoms with Gasteiger partial charge in [0, 0.05) is 25.5 Å². The Bertz CT molecular complexity index is 644. The summed E-state index contributed by atoms with van der Waals surface area (Å²) in [7, 11) is 0. The van der Waals surface area contributed by atoms with Crippen molar-refractivity contribution in [1.29, 1.82) is 0 Å². The van der Waals surface area contributed by atoms with Gasteiger partial charge in [-0.2, -0.15) is 0 Å². The van der Waals surface area contributed by atoms with Gasteiger partial charge in [0.1, 0.15) is 5.82 Å². The summed E-state index contributed by atoms with van der Waals surface area (Å²) in [6.45, 7) is 9.33. The highest BCUT2D eigenvalue weighted by molar-refractivity contribution is 5.21. The summed E-state index contributed by atoms with van der Waals surface area (Å²) < 4.78 is 0. The van der Waals surface area contributed by atoms with Crippen molar-refractivity contribution in [3.63, 3.8) is 0 Å².